The Labute approximate surface area is 84.3 Å². The first-order valence-electron chi connectivity index (χ1n) is 4.43. The summed E-state index contributed by atoms with van der Waals surface area (Å²) >= 11 is 0. The van der Waals surface area contributed by atoms with E-state index in [0.29, 0.717) is 22.0 Å². The highest BCUT2D eigenvalue weighted by molar-refractivity contribution is 6.00. The Morgan fingerprint density at radius 2 is 2.13 bits per heavy atom. The van der Waals surface area contributed by atoms with Crippen LogP contribution in [0.15, 0.2) is 27.1 Å². The van der Waals surface area contributed by atoms with Crippen LogP contribution in [-0.2, 0) is 0 Å². The van der Waals surface area contributed by atoms with Gasteiger partial charge in [0.15, 0.2) is 6.29 Å². The summed E-state index contributed by atoms with van der Waals surface area (Å²) in [6.45, 7) is 0. The molecule has 2 heterocycles. The van der Waals surface area contributed by atoms with Crippen molar-refractivity contribution >= 4 is 17.9 Å². The second-order valence-electron chi connectivity index (χ2n) is 3.25. The number of benzene rings is 1. The highest BCUT2D eigenvalue weighted by Crippen LogP contribution is 2.13. The highest BCUT2D eigenvalue weighted by Gasteiger charge is 2.22. The van der Waals surface area contributed by atoms with E-state index in [4.69, 9.17) is 5.73 Å². The van der Waals surface area contributed by atoms with Gasteiger partial charge in [-0.25, -0.2) is 15.0 Å². The number of amides is 1. The summed E-state index contributed by atoms with van der Waals surface area (Å²) in [7, 11) is 0. The van der Waals surface area contributed by atoms with Crippen LogP contribution in [0.1, 0.15) is 10.4 Å². The summed E-state index contributed by atoms with van der Waals surface area (Å²) in [6, 6.07) is 3.50. The number of nitrogens with two attached hydrogens (primary N) is 1. The van der Waals surface area contributed by atoms with E-state index >= 15 is 0 Å². The summed E-state index contributed by atoms with van der Waals surface area (Å²) in [5, 5.41) is 3.78. The van der Waals surface area contributed by atoms with Crippen LogP contribution in [0.3, 0.4) is 0 Å². The summed E-state index contributed by atoms with van der Waals surface area (Å²) in [5.74, 6) is -0.251. The Bertz CT molecular complexity index is 604. The Morgan fingerprint density at radius 3 is 3.00 bits per heavy atom. The van der Waals surface area contributed by atoms with Gasteiger partial charge in [0, 0.05) is 0 Å². The number of carbonyl (C=O) groups excluding carboxylic acids is 1. The number of rotatable bonds is 0. The molecule has 6 nitrogen and oxygen atoms in total. The van der Waals surface area contributed by atoms with Gasteiger partial charge in [0.25, 0.3) is 5.91 Å². The van der Waals surface area contributed by atoms with Crippen molar-refractivity contribution in [3.05, 3.63) is 28.4 Å². The summed E-state index contributed by atoms with van der Waals surface area (Å²) in [6.07, 6.45) is 0.748. The van der Waals surface area contributed by atoms with Crippen LogP contribution in [0.25, 0.3) is 0 Å². The van der Waals surface area contributed by atoms with Gasteiger partial charge < -0.3 is 5.32 Å². The Kier molecular flexibility index (Phi) is 1.49. The molecule has 2 aliphatic heterocycles. The molecule has 0 radical (unpaired) electrons. The van der Waals surface area contributed by atoms with Gasteiger partial charge in [-0.3, -0.25) is 10.5 Å². The van der Waals surface area contributed by atoms with Crippen molar-refractivity contribution < 1.29 is 4.79 Å². The van der Waals surface area contributed by atoms with Crippen molar-refractivity contribution in [2.45, 2.75) is 6.29 Å². The number of nitrogens with zero attached hydrogens (tertiary/aromatic N) is 3. The van der Waals surface area contributed by atoms with Crippen LogP contribution < -0.4 is 21.8 Å². The van der Waals surface area contributed by atoms with Crippen LogP contribution in [0.2, 0.25) is 0 Å². The zero-order valence-corrected chi connectivity index (χ0v) is 7.64. The first kappa shape index (κ1) is 8.25. The van der Waals surface area contributed by atoms with E-state index in [0.717, 1.165) is 0 Å². The second kappa shape index (κ2) is 2.71. The topological polar surface area (TPSA) is 92.2 Å². The fraction of sp³-hybridized carbons (Fsp3) is 0.111. The standard InChI is InChI=1S/C9H7N5O/c10-9-13-4-1-2-5-7(12-3-11-5)6(4)8(15)14-9/h1-3,9H,10H2,(H,14,15). The van der Waals surface area contributed by atoms with Gasteiger partial charge in [-0.1, -0.05) is 0 Å². The van der Waals surface area contributed by atoms with Crippen molar-refractivity contribution in [2.75, 3.05) is 0 Å². The molecule has 0 saturated carbocycles. The predicted octanol–water partition coefficient (Wildman–Crippen LogP) is -1.42. The molecule has 3 N–H and O–H groups in total. The van der Waals surface area contributed by atoms with Crippen molar-refractivity contribution in [3.8, 4) is 0 Å². The van der Waals surface area contributed by atoms with Crippen LogP contribution >= 0.6 is 0 Å². The van der Waals surface area contributed by atoms with Crippen molar-refractivity contribution in [1.29, 1.82) is 0 Å². The van der Waals surface area contributed by atoms with Crippen LogP contribution in [0.4, 0.5) is 5.69 Å². The van der Waals surface area contributed by atoms with Gasteiger partial charge in [0.2, 0.25) is 0 Å². The van der Waals surface area contributed by atoms with Gasteiger partial charge in [0.1, 0.15) is 12.0 Å². The minimum absolute atomic E-state index is 0.251. The summed E-state index contributed by atoms with van der Waals surface area (Å²) < 4.78 is 0. The third-order valence-corrected chi connectivity index (χ3v) is 2.30. The number of fused-ring (bicyclic) bond motifs is 3. The first-order valence-corrected chi connectivity index (χ1v) is 4.43. The Hall–Kier alpha value is -2.08. The maximum absolute atomic E-state index is 11.7. The Balaban J connectivity index is 2.43. The zero-order chi connectivity index (χ0) is 10.4. The van der Waals surface area contributed by atoms with E-state index < -0.39 is 6.29 Å². The third-order valence-electron chi connectivity index (χ3n) is 2.30. The lowest BCUT2D eigenvalue weighted by Crippen LogP contribution is -2.47. The zero-order valence-electron chi connectivity index (χ0n) is 7.64. The molecule has 1 atom stereocenters. The molecule has 2 aliphatic rings. The highest BCUT2D eigenvalue weighted by atomic mass is 16.2. The average molecular weight is 201 g/mol. The molecular weight excluding hydrogens is 194 g/mol. The summed E-state index contributed by atoms with van der Waals surface area (Å²) in [4.78, 5) is 23.8. The minimum Gasteiger partial charge on any atom is -0.318 e. The molecule has 15 heavy (non-hydrogen) atoms. The normalized spacial score (nSPS) is 21.1. The van der Waals surface area contributed by atoms with Gasteiger partial charge in [-0.15, -0.1) is 0 Å². The van der Waals surface area contributed by atoms with Gasteiger partial charge >= 0.3 is 0 Å². The average Bonchev–Trinajstić information content (AvgIpc) is 2.63. The van der Waals surface area contributed by atoms with Crippen LogP contribution in [0.5, 0.6) is 0 Å². The van der Waals surface area contributed by atoms with Crippen molar-refractivity contribution in [2.24, 2.45) is 20.7 Å². The van der Waals surface area contributed by atoms with Crippen molar-refractivity contribution in [1.82, 2.24) is 5.32 Å². The fourth-order valence-electron chi connectivity index (χ4n) is 1.67. The smallest absolute Gasteiger partial charge is 0.258 e. The number of carbonyl (C=O) groups is 1. The molecule has 6 heteroatoms. The molecule has 0 aliphatic carbocycles. The van der Waals surface area contributed by atoms with Gasteiger partial charge in [-0.05, 0) is 12.1 Å². The fourth-order valence-corrected chi connectivity index (χ4v) is 1.67. The van der Waals surface area contributed by atoms with E-state index in [9.17, 15) is 4.79 Å². The SMILES string of the molecule is NC1N=c2ccc3c(c2C(=O)N1)N=CN=3. The predicted molar refractivity (Wildman–Crippen MR) is 52.3 cm³/mol. The number of hydrogen-bond donors (Lipinski definition) is 2. The van der Waals surface area contributed by atoms with E-state index in [1.54, 1.807) is 12.1 Å². The number of aliphatic imine (C=N–C) groups is 1. The van der Waals surface area contributed by atoms with E-state index in [1.807, 2.05) is 0 Å². The minimum atomic E-state index is -0.676. The molecule has 0 spiro atoms. The van der Waals surface area contributed by atoms with Crippen LogP contribution in [0, 0.1) is 0 Å². The molecule has 1 aromatic carbocycles. The molecule has 0 fully saturated rings. The second-order valence-corrected chi connectivity index (χ2v) is 3.25. The van der Waals surface area contributed by atoms with E-state index in [2.05, 4.69) is 20.3 Å². The molecule has 74 valence electrons. The van der Waals surface area contributed by atoms with Gasteiger partial charge in [-0.2, -0.15) is 0 Å². The quantitative estimate of drug-likeness (QED) is 0.539. The maximum atomic E-state index is 11.7. The molecule has 3 rings (SSSR count). The lowest BCUT2D eigenvalue weighted by molar-refractivity contribution is 0.0930. The van der Waals surface area contributed by atoms with Crippen molar-refractivity contribution in [3.63, 3.8) is 0 Å². The maximum Gasteiger partial charge on any atom is 0.258 e. The monoisotopic (exact) mass is 201 g/mol. The molecule has 1 amide bonds. The number of nitrogens with one attached hydrogen (secondary N) is 1. The number of hydrogen-bond acceptors (Lipinski definition) is 5. The van der Waals surface area contributed by atoms with Gasteiger partial charge in [0.05, 0.1) is 16.3 Å². The molecule has 0 bridgehead atoms. The summed E-state index contributed by atoms with van der Waals surface area (Å²) in [5.41, 5.74) is 6.55. The van der Waals surface area contributed by atoms with E-state index in [-0.39, 0.29) is 5.91 Å². The lowest BCUT2D eigenvalue weighted by atomic mass is 10.1. The molecule has 0 aromatic heterocycles. The first-order chi connectivity index (χ1) is 7.25. The molecule has 1 aromatic rings. The molecule has 1 unspecified atom stereocenters. The lowest BCUT2D eigenvalue weighted by Gasteiger charge is -2.15. The molecular formula is C9H7N5O. The largest absolute Gasteiger partial charge is 0.318 e. The van der Waals surface area contributed by atoms with Crippen LogP contribution in [-0.4, -0.2) is 18.5 Å². The third kappa shape index (κ3) is 1.08. The Morgan fingerprint density at radius 1 is 1.33 bits per heavy atom. The van der Waals surface area contributed by atoms with E-state index in [1.165, 1.54) is 6.34 Å². The molecule has 0 saturated heterocycles.